The Morgan fingerprint density at radius 2 is 2.12 bits per heavy atom. The first kappa shape index (κ1) is 11.7. The van der Waals surface area contributed by atoms with E-state index in [4.69, 9.17) is 5.11 Å². The molecular formula is C10H9F3N2O2. The lowest BCUT2D eigenvalue weighted by molar-refractivity contribution is -0.141. The number of pyridine rings is 1. The minimum Gasteiger partial charge on any atom is -0.465 e. The number of fused-ring (bicyclic) bond motifs is 1. The highest BCUT2D eigenvalue weighted by Crippen LogP contribution is 2.34. The predicted molar refractivity (Wildman–Crippen MR) is 52.9 cm³/mol. The number of hydrogen-bond donors (Lipinski definition) is 2. The molecular weight excluding hydrogens is 237 g/mol. The van der Waals surface area contributed by atoms with Gasteiger partial charge in [-0.1, -0.05) is 0 Å². The standard InChI is InChI=1S/C10H9F3N2O2/c11-10(12,13)8-4-7(15-9(16)17)5-2-1-3-6(5)14-8/h4H,1-3H2,(H,14,15)(H,16,17). The Kier molecular flexibility index (Phi) is 2.68. The summed E-state index contributed by atoms with van der Waals surface area (Å²) in [7, 11) is 0. The highest BCUT2D eigenvalue weighted by atomic mass is 19.4. The van der Waals surface area contributed by atoms with Gasteiger partial charge in [0.15, 0.2) is 0 Å². The van der Waals surface area contributed by atoms with Crippen molar-refractivity contribution >= 4 is 11.8 Å². The molecule has 0 saturated carbocycles. The fourth-order valence-corrected chi connectivity index (χ4v) is 1.91. The molecule has 0 radical (unpaired) electrons. The van der Waals surface area contributed by atoms with Gasteiger partial charge in [0, 0.05) is 5.69 Å². The van der Waals surface area contributed by atoms with E-state index in [2.05, 4.69) is 4.98 Å². The summed E-state index contributed by atoms with van der Waals surface area (Å²) in [4.78, 5) is 14.1. The zero-order valence-electron chi connectivity index (χ0n) is 8.64. The summed E-state index contributed by atoms with van der Waals surface area (Å²) in [6.07, 6.45) is -4.24. The van der Waals surface area contributed by atoms with Crippen LogP contribution in [-0.2, 0) is 19.0 Å². The molecule has 1 aliphatic rings. The summed E-state index contributed by atoms with van der Waals surface area (Å²) in [5, 5.41) is 10.6. The number of rotatable bonds is 1. The minimum atomic E-state index is -4.56. The van der Waals surface area contributed by atoms with Crippen molar-refractivity contribution in [1.82, 2.24) is 4.98 Å². The van der Waals surface area contributed by atoms with Crippen LogP contribution < -0.4 is 5.32 Å². The van der Waals surface area contributed by atoms with Crippen LogP contribution in [0.15, 0.2) is 6.07 Å². The van der Waals surface area contributed by atoms with E-state index < -0.39 is 18.0 Å². The van der Waals surface area contributed by atoms with Crippen LogP contribution in [0.4, 0.5) is 23.7 Å². The Balaban J connectivity index is 2.49. The Morgan fingerprint density at radius 1 is 1.41 bits per heavy atom. The van der Waals surface area contributed by atoms with E-state index in [9.17, 15) is 18.0 Å². The van der Waals surface area contributed by atoms with Crippen LogP contribution in [0.3, 0.4) is 0 Å². The molecule has 1 aliphatic carbocycles. The molecule has 1 aromatic heterocycles. The van der Waals surface area contributed by atoms with Crippen molar-refractivity contribution in [3.8, 4) is 0 Å². The number of amides is 1. The Morgan fingerprint density at radius 3 is 2.71 bits per heavy atom. The van der Waals surface area contributed by atoms with Crippen LogP contribution >= 0.6 is 0 Å². The van der Waals surface area contributed by atoms with E-state index in [0.717, 1.165) is 6.07 Å². The van der Waals surface area contributed by atoms with E-state index in [1.807, 2.05) is 5.32 Å². The van der Waals surface area contributed by atoms with Crippen molar-refractivity contribution in [3.05, 3.63) is 23.0 Å². The van der Waals surface area contributed by atoms with Crippen LogP contribution in [0.1, 0.15) is 23.4 Å². The summed E-state index contributed by atoms with van der Waals surface area (Å²) in [6.45, 7) is 0. The fourth-order valence-electron chi connectivity index (χ4n) is 1.91. The largest absolute Gasteiger partial charge is 0.465 e. The molecule has 0 fully saturated rings. The average molecular weight is 246 g/mol. The number of carboxylic acid groups (broad SMARTS) is 1. The van der Waals surface area contributed by atoms with Crippen LogP contribution in [0, 0.1) is 0 Å². The Labute approximate surface area is 94.5 Å². The van der Waals surface area contributed by atoms with Gasteiger partial charge in [0.25, 0.3) is 0 Å². The maximum atomic E-state index is 12.5. The first-order valence-corrected chi connectivity index (χ1v) is 4.98. The molecule has 1 amide bonds. The third-order valence-electron chi connectivity index (χ3n) is 2.58. The van der Waals surface area contributed by atoms with Gasteiger partial charge in [-0.2, -0.15) is 13.2 Å². The molecule has 4 nitrogen and oxygen atoms in total. The molecule has 0 bridgehead atoms. The number of alkyl halides is 3. The number of halogens is 3. The number of hydrogen-bond acceptors (Lipinski definition) is 2. The average Bonchev–Trinajstić information content (AvgIpc) is 2.62. The van der Waals surface area contributed by atoms with Gasteiger partial charge in [-0.25, -0.2) is 9.78 Å². The topological polar surface area (TPSA) is 62.2 Å². The first-order valence-electron chi connectivity index (χ1n) is 4.98. The number of carbonyl (C=O) groups is 1. The molecule has 1 aromatic rings. The maximum absolute atomic E-state index is 12.5. The van der Waals surface area contributed by atoms with Crippen molar-refractivity contribution in [3.63, 3.8) is 0 Å². The molecule has 2 N–H and O–H groups in total. The van der Waals surface area contributed by atoms with E-state index in [0.29, 0.717) is 30.5 Å². The highest BCUT2D eigenvalue weighted by Gasteiger charge is 2.35. The molecule has 17 heavy (non-hydrogen) atoms. The SMILES string of the molecule is O=C(O)Nc1cc(C(F)(F)F)nc2c1CCC2. The quantitative estimate of drug-likeness (QED) is 0.800. The van der Waals surface area contributed by atoms with Crippen molar-refractivity contribution in [2.45, 2.75) is 25.4 Å². The van der Waals surface area contributed by atoms with Crippen molar-refractivity contribution in [1.29, 1.82) is 0 Å². The van der Waals surface area contributed by atoms with Crippen molar-refractivity contribution in [2.24, 2.45) is 0 Å². The zero-order chi connectivity index (χ0) is 12.6. The van der Waals surface area contributed by atoms with E-state index in [-0.39, 0.29) is 5.69 Å². The van der Waals surface area contributed by atoms with Crippen LogP contribution in [0.2, 0.25) is 0 Å². The third kappa shape index (κ3) is 2.32. The lowest BCUT2D eigenvalue weighted by Crippen LogP contribution is -2.14. The number of anilines is 1. The van der Waals surface area contributed by atoms with Gasteiger partial charge in [-0.3, -0.25) is 5.32 Å². The smallest absolute Gasteiger partial charge is 0.433 e. The monoisotopic (exact) mass is 246 g/mol. The molecule has 0 unspecified atom stereocenters. The van der Waals surface area contributed by atoms with Crippen LogP contribution in [-0.4, -0.2) is 16.2 Å². The molecule has 92 valence electrons. The Bertz CT molecular complexity index is 471. The molecule has 0 aliphatic heterocycles. The second-order valence-corrected chi connectivity index (χ2v) is 3.76. The fraction of sp³-hybridized carbons (Fsp3) is 0.400. The lowest BCUT2D eigenvalue weighted by Gasteiger charge is -2.12. The summed E-state index contributed by atoms with van der Waals surface area (Å²) in [5.41, 5.74) is -0.154. The molecule has 0 atom stereocenters. The highest BCUT2D eigenvalue weighted by molar-refractivity contribution is 5.84. The molecule has 0 spiro atoms. The zero-order valence-corrected chi connectivity index (χ0v) is 8.64. The minimum absolute atomic E-state index is 0.00711. The molecule has 1 heterocycles. The lowest BCUT2D eigenvalue weighted by atomic mass is 10.1. The van der Waals surface area contributed by atoms with E-state index in [1.165, 1.54) is 0 Å². The van der Waals surface area contributed by atoms with Gasteiger partial charge in [0.05, 0.1) is 5.69 Å². The van der Waals surface area contributed by atoms with Crippen molar-refractivity contribution < 1.29 is 23.1 Å². The molecule has 0 aromatic carbocycles. The predicted octanol–water partition coefficient (Wildman–Crippen LogP) is 2.68. The summed E-state index contributed by atoms with van der Waals surface area (Å²) in [5.74, 6) is 0. The van der Waals surface area contributed by atoms with Gasteiger partial charge in [0.1, 0.15) is 5.69 Å². The molecule has 7 heteroatoms. The van der Waals surface area contributed by atoms with Crippen LogP contribution in [0.5, 0.6) is 0 Å². The normalized spacial score (nSPS) is 14.5. The van der Waals surface area contributed by atoms with Gasteiger partial charge in [-0.05, 0) is 30.9 Å². The molecule has 2 rings (SSSR count). The second kappa shape index (κ2) is 3.90. The van der Waals surface area contributed by atoms with E-state index >= 15 is 0 Å². The second-order valence-electron chi connectivity index (χ2n) is 3.76. The number of aromatic nitrogens is 1. The maximum Gasteiger partial charge on any atom is 0.433 e. The summed E-state index contributed by atoms with van der Waals surface area (Å²) >= 11 is 0. The van der Waals surface area contributed by atoms with Gasteiger partial charge in [0.2, 0.25) is 0 Å². The van der Waals surface area contributed by atoms with Gasteiger partial charge >= 0.3 is 12.3 Å². The summed E-state index contributed by atoms with van der Waals surface area (Å²) < 4.78 is 37.6. The van der Waals surface area contributed by atoms with Crippen LogP contribution in [0.25, 0.3) is 0 Å². The Hall–Kier alpha value is -1.79. The molecule has 0 saturated heterocycles. The number of nitrogens with one attached hydrogen (secondary N) is 1. The number of nitrogens with zero attached hydrogens (tertiary/aromatic N) is 1. The van der Waals surface area contributed by atoms with Crippen molar-refractivity contribution in [2.75, 3.05) is 5.32 Å². The summed E-state index contributed by atoms with van der Waals surface area (Å²) in [6, 6.07) is 0.748. The van der Waals surface area contributed by atoms with Gasteiger partial charge in [-0.15, -0.1) is 0 Å². The first-order chi connectivity index (χ1) is 7.88. The number of aryl methyl sites for hydroxylation is 1. The third-order valence-corrected chi connectivity index (χ3v) is 2.58. The van der Waals surface area contributed by atoms with E-state index in [1.54, 1.807) is 0 Å². The van der Waals surface area contributed by atoms with Gasteiger partial charge < -0.3 is 5.11 Å².